The molecule has 6 heteroatoms. The van der Waals surface area contributed by atoms with E-state index in [-0.39, 0.29) is 9.49 Å². The maximum atomic E-state index is 11.0. The SMILES string of the molecule is C[C@@]12SC(c3ccc(Cl)s3)=CC1=C1CCCC1=C1C=C(c3ccc(-c4ccc(C=O)cc4)s3)S[C@]12C. The Balaban J connectivity index is 1.28. The summed E-state index contributed by atoms with van der Waals surface area (Å²) < 4.78 is 0.801. The highest BCUT2D eigenvalue weighted by Crippen LogP contribution is 2.70. The molecule has 0 spiro atoms. The number of thioether (sulfide) groups is 2. The zero-order chi connectivity index (χ0) is 24.7. The molecule has 0 N–H and O–H groups in total. The molecule has 2 atom stereocenters. The van der Waals surface area contributed by atoms with Gasteiger partial charge >= 0.3 is 0 Å². The minimum Gasteiger partial charge on any atom is -0.298 e. The van der Waals surface area contributed by atoms with Gasteiger partial charge in [-0.1, -0.05) is 35.9 Å². The van der Waals surface area contributed by atoms with Gasteiger partial charge in [0.25, 0.3) is 0 Å². The molecular formula is C30H23ClOS4. The average Bonchev–Trinajstić information content (AvgIpc) is 3.68. The van der Waals surface area contributed by atoms with Crippen molar-refractivity contribution in [3.05, 3.63) is 103 Å². The fraction of sp³-hybridized carbons (Fsp3) is 0.233. The zero-order valence-electron chi connectivity index (χ0n) is 19.9. The van der Waals surface area contributed by atoms with Crippen LogP contribution >= 0.6 is 57.8 Å². The molecule has 0 bridgehead atoms. The second kappa shape index (κ2) is 8.37. The van der Waals surface area contributed by atoms with Crippen LogP contribution in [0.3, 0.4) is 0 Å². The highest BCUT2D eigenvalue weighted by Gasteiger charge is 2.59. The summed E-state index contributed by atoms with van der Waals surface area (Å²) in [6.07, 6.45) is 9.48. The molecule has 0 unspecified atom stereocenters. The molecule has 4 aliphatic rings. The van der Waals surface area contributed by atoms with Crippen molar-refractivity contribution < 1.29 is 4.79 Å². The normalized spacial score (nSPS) is 26.6. The third kappa shape index (κ3) is 3.33. The third-order valence-electron chi connectivity index (χ3n) is 7.98. The smallest absolute Gasteiger partial charge is 0.150 e. The van der Waals surface area contributed by atoms with Crippen LogP contribution in [0.1, 0.15) is 53.2 Å². The largest absolute Gasteiger partial charge is 0.298 e. The van der Waals surface area contributed by atoms with Crippen LogP contribution in [-0.4, -0.2) is 15.8 Å². The number of halogens is 1. The second-order valence-electron chi connectivity index (χ2n) is 9.93. The third-order valence-corrected chi connectivity index (χ3v) is 14.0. The van der Waals surface area contributed by atoms with Gasteiger partial charge in [0, 0.05) is 30.0 Å². The Labute approximate surface area is 233 Å². The standard InChI is InChI=1S/C30H23ClOS4/c1-29-21(14-26(35-29)24-11-10-23(33-24)18-8-6-17(16-32)7-9-18)19-4-3-5-20(19)22-15-27(36-30(22,29)2)25-12-13-28(31)34-25/h6-16H,3-5H2,1-2H3/t29-,30-/m1/s1. The topological polar surface area (TPSA) is 17.1 Å². The fourth-order valence-electron chi connectivity index (χ4n) is 5.98. The number of allylic oxidation sites excluding steroid dienone is 4. The van der Waals surface area contributed by atoms with E-state index in [9.17, 15) is 4.79 Å². The van der Waals surface area contributed by atoms with Crippen LogP contribution in [0.5, 0.6) is 0 Å². The van der Waals surface area contributed by atoms with Gasteiger partial charge in [-0.2, -0.15) is 0 Å². The van der Waals surface area contributed by atoms with Gasteiger partial charge in [0.15, 0.2) is 0 Å². The van der Waals surface area contributed by atoms with E-state index in [1.165, 1.54) is 54.9 Å². The van der Waals surface area contributed by atoms with Crippen molar-refractivity contribution in [2.75, 3.05) is 0 Å². The molecule has 1 nitrogen and oxygen atoms in total. The number of hydrogen-bond acceptors (Lipinski definition) is 5. The van der Waals surface area contributed by atoms with E-state index in [0.29, 0.717) is 5.56 Å². The van der Waals surface area contributed by atoms with Gasteiger partial charge < -0.3 is 0 Å². The van der Waals surface area contributed by atoms with E-state index in [1.807, 2.05) is 65.2 Å². The van der Waals surface area contributed by atoms with Crippen LogP contribution < -0.4 is 0 Å². The highest BCUT2D eigenvalue weighted by molar-refractivity contribution is 8.14. The molecule has 2 aliphatic carbocycles. The lowest BCUT2D eigenvalue weighted by Gasteiger charge is -2.47. The Morgan fingerprint density at radius 3 is 1.86 bits per heavy atom. The van der Waals surface area contributed by atoms with Crippen LogP contribution in [0.4, 0.5) is 0 Å². The van der Waals surface area contributed by atoms with Gasteiger partial charge in [-0.3, -0.25) is 4.79 Å². The summed E-state index contributed by atoms with van der Waals surface area (Å²) >= 11 is 13.9. The fourth-order valence-corrected chi connectivity index (χ4v) is 11.4. The van der Waals surface area contributed by atoms with E-state index in [0.717, 1.165) is 16.2 Å². The number of carbonyl (C=O) groups excluding carboxylic acids is 1. The van der Waals surface area contributed by atoms with E-state index in [4.69, 9.17) is 11.6 Å². The van der Waals surface area contributed by atoms with E-state index < -0.39 is 0 Å². The number of hydrogen-bond donors (Lipinski definition) is 0. The monoisotopic (exact) mass is 562 g/mol. The predicted molar refractivity (Wildman–Crippen MR) is 160 cm³/mol. The molecule has 2 aromatic heterocycles. The first-order chi connectivity index (χ1) is 17.4. The number of benzene rings is 1. The summed E-state index contributed by atoms with van der Waals surface area (Å²) in [6, 6.07) is 16.6. The van der Waals surface area contributed by atoms with Crippen molar-refractivity contribution in [3.8, 4) is 10.4 Å². The maximum Gasteiger partial charge on any atom is 0.150 e. The predicted octanol–water partition coefficient (Wildman–Crippen LogP) is 10.1. The van der Waals surface area contributed by atoms with Gasteiger partial charge in [0.05, 0.1) is 13.8 Å². The lowest BCUT2D eigenvalue weighted by atomic mass is 9.72. The Bertz CT molecular complexity index is 1560. The van der Waals surface area contributed by atoms with Gasteiger partial charge in [-0.05, 0) is 97.4 Å². The molecule has 180 valence electrons. The molecule has 7 rings (SSSR count). The van der Waals surface area contributed by atoms with Crippen molar-refractivity contribution in [2.45, 2.75) is 42.6 Å². The summed E-state index contributed by atoms with van der Waals surface area (Å²) in [4.78, 5) is 17.6. The minimum absolute atomic E-state index is 0.0228. The summed E-state index contributed by atoms with van der Waals surface area (Å²) in [6.45, 7) is 4.93. The number of fused-ring (bicyclic) bond motifs is 4. The molecule has 2 aliphatic heterocycles. The summed E-state index contributed by atoms with van der Waals surface area (Å²) in [5.41, 5.74) is 8.14. The Kier molecular flexibility index (Phi) is 5.43. The number of thiophene rings is 2. The van der Waals surface area contributed by atoms with Crippen LogP contribution in [0.2, 0.25) is 4.34 Å². The van der Waals surface area contributed by atoms with E-state index in [2.05, 4.69) is 44.2 Å². The van der Waals surface area contributed by atoms with Crippen molar-refractivity contribution >= 4 is 73.9 Å². The molecule has 0 saturated heterocycles. The van der Waals surface area contributed by atoms with Crippen LogP contribution in [-0.2, 0) is 0 Å². The average molecular weight is 563 g/mol. The van der Waals surface area contributed by atoms with Crippen molar-refractivity contribution in [1.29, 1.82) is 0 Å². The van der Waals surface area contributed by atoms with Crippen molar-refractivity contribution in [3.63, 3.8) is 0 Å². The minimum atomic E-state index is -0.0272. The summed E-state index contributed by atoms with van der Waals surface area (Å²) in [5.74, 6) is 0. The zero-order valence-corrected chi connectivity index (χ0v) is 23.9. The molecule has 3 aromatic rings. The molecular weight excluding hydrogens is 540 g/mol. The first kappa shape index (κ1) is 23.4. The number of aldehydes is 1. The molecule has 4 heterocycles. The highest BCUT2D eigenvalue weighted by atomic mass is 35.5. The van der Waals surface area contributed by atoms with E-state index in [1.54, 1.807) is 22.5 Å². The lowest BCUT2D eigenvalue weighted by Crippen LogP contribution is -2.47. The summed E-state index contributed by atoms with van der Waals surface area (Å²) in [7, 11) is 0. The second-order valence-corrected chi connectivity index (χ2v) is 15.7. The molecule has 1 fully saturated rings. The quantitative estimate of drug-likeness (QED) is 0.294. The maximum absolute atomic E-state index is 11.0. The van der Waals surface area contributed by atoms with Gasteiger partial charge in [0.1, 0.15) is 6.29 Å². The molecule has 0 radical (unpaired) electrons. The first-order valence-corrected chi connectivity index (χ1v) is 15.7. The lowest BCUT2D eigenvalue weighted by molar-refractivity contribution is 0.112. The van der Waals surface area contributed by atoms with Gasteiger partial charge in [0.2, 0.25) is 0 Å². The molecule has 1 aromatic carbocycles. The van der Waals surface area contributed by atoms with E-state index >= 15 is 0 Å². The number of rotatable bonds is 4. The first-order valence-electron chi connectivity index (χ1n) is 12.1. The van der Waals surface area contributed by atoms with Crippen LogP contribution in [0.25, 0.3) is 20.3 Å². The molecule has 1 saturated carbocycles. The van der Waals surface area contributed by atoms with Crippen molar-refractivity contribution in [1.82, 2.24) is 0 Å². The number of carbonyl (C=O) groups is 1. The van der Waals surface area contributed by atoms with Crippen LogP contribution in [0, 0.1) is 0 Å². The Morgan fingerprint density at radius 1 is 0.750 bits per heavy atom. The van der Waals surface area contributed by atoms with Gasteiger partial charge in [-0.25, -0.2) is 0 Å². The van der Waals surface area contributed by atoms with Gasteiger partial charge in [-0.15, -0.1) is 46.2 Å². The Morgan fingerprint density at radius 2 is 1.31 bits per heavy atom. The van der Waals surface area contributed by atoms with Crippen LogP contribution in [0.15, 0.2) is 83.0 Å². The van der Waals surface area contributed by atoms with Crippen molar-refractivity contribution in [2.24, 2.45) is 0 Å². The Hall–Kier alpha value is -1.76. The molecule has 0 amide bonds. The molecule has 36 heavy (non-hydrogen) atoms. The summed E-state index contributed by atoms with van der Waals surface area (Å²) in [5, 5.41) is 0.